The van der Waals surface area contributed by atoms with Crippen molar-refractivity contribution >= 4 is 5.97 Å². The Kier molecular flexibility index (Phi) is 3.10. The van der Waals surface area contributed by atoms with Gasteiger partial charge in [-0.3, -0.25) is 9.67 Å². The van der Waals surface area contributed by atoms with Crippen LogP contribution in [0, 0.1) is 13.8 Å². The van der Waals surface area contributed by atoms with Crippen molar-refractivity contribution in [2.24, 2.45) is 7.05 Å². The molecule has 2 rings (SSSR count). The SMILES string of the molecule is COC(=O)c1nc(-c2cc(C)nn2C)cnc1C. The van der Waals surface area contributed by atoms with Crippen LogP contribution in [0.3, 0.4) is 0 Å². The van der Waals surface area contributed by atoms with Crippen LogP contribution in [-0.2, 0) is 11.8 Å². The maximum atomic E-state index is 11.6. The molecular weight excluding hydrogens is 232 g/mol. The van der Waals surface area contributed by atoms with Crippen molar-refractivity contribution in [2.75, 3.05) is 7.11 Å². The fraction of sp³-hybridized carbons (Fsp3) is 0.333. The molecule has 0 aliphatic heterocycles. The first-order chi connectivity index (χ1) is 8.52. The predicted octanol–water partition coefficient (Wildman–Crippen LogP) is 1.28. The van der Waals surface area contributed by atoms with E-state index in [9.17, 15) is 4.79 Å². The lowest BCUT2D eigenvalue weighted by Gasteiger charge is -2.05. The summed E-state index contributed by atoms with van der Waals surface area (Å²) >= 11 is 0. The van der Waals surface area contributed by atoms with Crippen molar-refractivity contribution in [3.63, 3.8) is 0 Å². The summed E-state index contributed by atoms with van der Waals surface area (Å²) in [6, 6.07) is 1.89. The van der Waals surface area contributed by atoms with E-state index in [1.165, 1.54) is 7.11 Å². The van der Waals surface area contributed by atoms with E-state index in [2.05, 4.69) is 19.8 Å². The number of carbonyl (C=O) groups excluding carboxylic acids is 1. The number of hydrogen-bond acceptors (Lipinski definition) is 5. The van der Waals surface area contributed by atoms with Crippen LogP contribution in [0.5, 0.6) is 0 Å². The van der Waals surface area contributed by atoms with Gasteiger partial charge in [0.25, 0.3) is 0 Å². The van der Waals surface area contributed by atoms with Crippen molar-refractivity contribution in [3.8, 4) is 11.4 Å². The second kappa shape index (κ2) is 4.56. The molecule has 18 heavy (non-hydrogen) atoms. The van der Waals surface area contributed by atoms with Crippen LogP contribution < -0.4 is 0 Å². The molecule has 6 heteroatoms. The second-order valence-corrected chi connectivity index (χ2v) is 3.98. The van der Waals surface area contributed by atoms with Crippen molar-refractivity contribution in [1.82, 2.24) is 19.7 Å². The summed E-state index contributed by atoms with van der Waals surface area (Å²) in [7, 11) is 3.14. The van der Waals surface area contributed by atoms with Gasteiger partial charge in [-0.05, 0) is 19.9 Å². The molecule has 0 saturated carbocycles. The number of aryl methyl sites for hydroxylation is 3. The molecule has 0 bridgehead atoms. The van der Waals surface area contributed by atoms with Crippen molar-refractivity contribution in [3.05, 3.63) is 29.3 Å². The summed E-state index contributed by atoms with van der Waals surface area (Å²) in [5.74, 6) is -0.485. The highest BCUT2D eigenvalue weighted by Crippen LogP contribution is 2.18. The van der Waals surface area contributed by atoms with Gasteiger partial charge in [-0.2, -0.15) is 5.10 Å². The second-order valence-electron chi connectivity index (χ2n) is 3.98. The van der Waals surface area contributed by atoms with Crippen molar-refractivity contribution < 1.29 is 9.53 Å². The normalized spacial score (nSPS) is 10.4. The zero-order valence-electron chi connectivity index (χ0n) is 10.8. The average molecular weight is 246 g/mol. The lowest BCUT2D eigenvalue weighted by atomic mass is 10.2. The number of nitrogens with zero attached hydrogens (tertiary/aromatic N) is 4. The zero-order chi connectivity index (χ0) is 13.3. The van der Waals surface area contributed by atoms with Crippen LogP contribution in [0.2, 0.25) is 0 Å². The number of esters is 1. The topological polar surface area (TPSA) is 69.9 Å². The molecule has 0 saturated heterocycles. The largest absolute Gasteiger partial charge is 0.464 e. The Morgan fingerprint density at radius 2 is 2.11 bits per heavy atom. The van der Waals surface area contributed by atoms with Crippen molar-refractivity contribution in [2.45, 2.75) is 13.8 Å². The molecule has 0 unspecified atom stereocenters. The number of ether oxygens (including phenoxy) is 1. The van der Waals surface area contributed by atoms with E-state index in [4.69, 9.17) is 0 Å². The van der Waals surface area contributed by atoms with Gasteiger partial charge in [0.15, 0.2) is 5.69 Å². The number of aromatic nitrogens is 4. The summed E-state index contributed by atoms with van der Waals surface area (Å²) in [6.07, 6.45) is 1.62. The van der Waals surface area contributed by atoms with Gasteiger partial charge in [0.05, 0.1) is 30.4 Å². The standard InChI is InChI=1S/C12H14N4O2/c1-7-5-10(16(3)15-7)9-6-13-8(2)11(14-9)12(17)18-4/h5-6H,1-4H3. The van der Waals surface area contributed by atoms with Crippen LogP contribution in [-0.4, -0.2) is 32.8 Å². The summed E-state index contributed by atoms with van der Waals surface area (Å²) < 4.78 is 6.38. The molecule has 0 amide bonds. The molecule has 0 radical (unpaired) electrons. The van der Waals surface area contributed by atoms with Gasteiger partial charge < -0.3 is 4.74 Å². The van der Waals surface area contributed by atoms with E-state index >= 15 is 0 Å². The van der Waals surface area contributed by atoms with E-state index in [-0.39, 0.29) is 5.69 Å². The van der Waals surface area contributed by atoms with Crippen LogP contribution in [0.4, 0.5) is 0 Å². The van der Waals surface area contributed by atoms with Crippen molar-refractivity contribution in [1.29, 1.82) is 0 Å². The fourth-order valence-electron chi connectivity index (χ4n) is 1.71. The lowest BCUT2D eigenvalue weighted by molar-refractivity contribution is 0.0592. The third-order valence-corrected chi connectivity index (χ3v) is 2.60. The van der Waals surface area contributed by atoms with Crippen LogP contribution in [0.25, 0.3) is 11.4 Å². The maximum Gasteiger partial charge on any atom is 0.358 e. The highest BCUT2D eigenvalue weighted by molar-refractivity contribution is 5.88. The summed E-state index contributed by atoms with van der Waals surface area (Å²) in [4.78, 5) is 20.0. The van der Waals surface area contributed by atoms with E-state index in [1.807, 2.05) is 20.0 Å². The Balaban J connectivity index is 2.53. The molecular formula is C12H14N4O2. The molecule has 2 aromatic rings. The third kappa shape index (κ3) is 2.09. The molecule has 0 aliphatic rings. The maximum absolute atomic E-state index is 11.6. The molecule has 2 heterocycles. The van der Waals surface area contributed by atoms with Crippen LogP contribution in [0.1, 0.15) is 21.9 Å². The first kappa shape index (κ1) is 12.2. The fourth-order valence-corrected chi connectivity index (χ4v) is 1.71. The highest BCUT2D eigenvalue weighted by Gasteiger charge is 2.15. The predicted molar refractivity (Wildman–Crippen MR) is 65.0 cm³/mol. The Hall–Kier alpha value is -2.24. The van der Waals surface area contributed by atoms with Crippen LogP contribution >= 0.6 is 0 Å². The Morgan fingerprint density at radius 3 is 2.67 bits per heavy atom. The Labute approximate surface area is 105 Å². The monoisotopic (exact) mass is 246 g/mol. The molecule has 0 aromatic carbocycles. The average Bonchev–Trinajstić information content (AvgIpc) is 2.68. The molecule has 0 fully saturated rings. The van der Waals surface area contributed by atoms with Gasteiger partial charge in [-0.15, -0.1) is 0 Å². The molecule has 2 aromatic heterocycles. The van der Waals surface area contributed by atoms with E-state index in [0.717, 1.165) is 11.4 Å². The molecule has 0 spiro atoms. The van der Waals surface area contributed by atoms with Gasteiger partial charge in [0.2, 0.25) is 0 Å². The smallest absolute Gasteiger partial charge is 0.358 e. The minimum Gasteiger partial charge on any atom is -0.464 e. The molecule has 0 aliphatic carbocycles. The first-order valence-corrected chi connectivity index (χ1v) is 5.46. The van der Waals surface area contributed by atoms with Gasteiger partial charge in [0.1, 0.15) is 5.69 Å². The minimum absolute atomic E-state index is 0.230. The molecule has 0 atom stereocenters. The lowest BCUT2D eigenvalue weighted by Crippen LogP contribution is -2.09. The third-order valence-electron chi connectivity index (χ3n) is 2.60. The quantitative estimate of drug-likeness (QED) is 0.746. The van der Waals surface area contributed by atoms with E-state index < -0.39 is 5.97 Å². The molecule has 6 nitrogen and oxygen atoms in total. The number of carbonyl (C=O) groups is 1. The Morgan fingerprint density at radius 1 is 1.39 bits per heavy atom. The van der Waals surface area contributed by atoms with Gasteiger partial charge in [0, 0.05) is 7.05 Å². The molecule has 94 valence electrons. The summed E-state index contributed by atoms with van der Waals surface area (Å²) in [5, 5.41) is 4.24. The highest BCUT2D eigenvalue weighted by atomic mass is 16.5. The van der Waals surface area contributed by atoms with Crippen LogP contribution in [0.15, 0.2) is 12.3 Å². The van der Waals surface area contributed by atoms with Gasteiger partial charge >= 0.3 is 5.97 Å². The minimum atomic E-state index is -0.485. The summed E-state index contributed by atoms with van der Waals surface area (Å²) in [6.45, 7) is 3.61. The first-order valence-electron chi connectivity index (χ1n) is 5.46. The van der Waals surface area contributed by atoms with E-state index in [1.54, 1.807) is 17.8 Å². The van der Waals surface area contributed by atoms with E-state index in [0.29, 0.717) is 11.4 Å². The zero-order valence-corrected chi connectivity index (χ0v) is 10.8. The van der Waals surface area contributed by atoms with Gasteiger partial charge in [-0.1, -0.05) is 0 Å². The summed E-state index contributed by atoms with van der Waals surface area (Å²) in [5.41, 5.74) is 3.07. The Bertz CT molecular complexity index is 604. The molecule has 0 N–H and O–H groups in total. The number of methoxy groups -OCH3 is 1. The number of hydrogen-bond donors (Lipinski definition) is 0. The number of rotatable bonds is 2. The van der Waals surface area contributed by atoms with Gasteiger partial charge in [-0.25, -0.2) is 9.78 Å².